The predicted octanol–water partition coefficient (Wildman–Crippen LogP) is 5.28. The zero-order valence-corrected chi connectivity index (χ0v) is 15.4. The van der Waals surface area contributed by atoms with Crippen LogP contribution in [-0.4, -0.2) is 22.8 Å². The summed E-state index contributed by atoms with van der Waals surface area (Å²) < 4.78 is 5.91. The molecule has 0 aliphatic carbocycles. The Morgan fingerprint density at radius 1 is 0.952 bits per heavy atom. The second kappa shape index (κ2) is 7.62. The normalized spacial score (nSPS) is 15.0. The van der Waals surface area contributed by atoms with Crippen LogP contribution < -0.4 is 0 Å². The summed E-state index contributed by atoms with van der Waals surface area (Å²) >= 11 is 0. The van der Waals surface area contributed by atoms with Gasteiger partial charge in [-0.05, 0) is 43.9 Å². The summed E-state index contributed by atoms with van der Waals surface area (Å²) in [7, 11) is 0. The molecule has 0 aromatic rings. The molecule has 21 heavy (non-hydrogen) atoms. The number of aliphatic carboxylic acids is 1. The molecule has 1 unspecified atom stereocenters. The maximum Gasteiger partial charge on any atom is 0.332 e. The smallest absolute Gasteiger partial charge is 0.332 e. The SMILES string of the molecule is CC(C)(C)CCCCC(OC(C)(C)CC(C)(C)C)C(=O)O. The van der Waals surface area contributed by atoms with Gasteiger partial charge >= 0.3 is 5.97 Å². The van der Waals surface area contributed by atoms with E-state index in [1.807, 2.05) is 13.8 Å². The van der Waals surface area contributed by atoms with Crippen molar-refractivity contribution in [2.75, 3.05) is 0 Å². The lowest BCUT2D eigenvalue weighted by atomic mass is 9.83. The predicted molar refractivity (Wildman–Crippen MR) is 88.6 cm³/mol. The Labute approximate surface area is 131 Å². The molecule has 0 aromatic carbocycles. The van der Waals surface area contributed by atoms with E-state index in [1.54, 1.807) is 0 Å². The van der Waals surface area contributed by atoms with E-state index in [9.17, 15) is 9.90 Å². The van der Waals surface area contributed by atoms with Crippen LogP contribution in [-0.2, 0) is 9.53 Å². The van der Waals surface area contributed by atoms with Crippen LogP contribution in [0.3, 0.4) is 0 Å². The highest BCUT2D eigenvalue weighted by Gasteiger charge is 2.31. The number of unbranched alkanes of at least 4 members (excludes halogenated alkanes) is 1. The Morgan fingerprint density at radius 2 is 1.48 bits per heavy atom. The second-order valence-corrected chi connectivity index (χ2v) is 9.25. The molecule has 0 rings (SSSR count). The summed E-state index contributed by atoms with van der Waals surface area (Å²) in [5.74, 6) is -0.840. The Kier molecular flexibility index (Phi) is 7.41. The fraction of sp³-hybridized carbons (Fsp3) is 0.944. The van der Waals surface area contributed by atoms with Gasteiger partial charge in [-0.1, -0.05) is 54.4 Å². The Morgan fingerprint density at radius 3 is 1.86 bits per heavy atom. The van der Waals surface area contributed by atoms with E-state index in [4.69, 9.17) is 4.74 Å². The van der Waals surface area contributed by atoms with Crippen molar-refractivity contribution in [3.63, 3.8) is 0 Å². The Balaban J connectivity index is 4.40. The van der Waals surface area contributed by atoms with Crippen molar-refractivity contribution in [1.29, 1.82) is 0 Å². The molecule has 3 nitrogen and oxygen atoms in total. The number of ether oxygens (including phenoxy) is 1. The van der Waals surface area contributed by atoms with E-state index < -0.39 is 17.7 Å². The summed E-state index contributed by atoms with van der Waals surface area (Å²) in [5, 5.41) is 9.37. The van der Waals surface area contributed by atoms with E-state index in [0.717, 1.165) is 25.7 Å². The van der Waals surface area contributed by atoms with Crippen molar-refractivity contribution in [1.82, 2.24) is 0 Å². The molecule has 0 saturated heterocycles. The van der Waals surface area contributed by atoms with Crippen LogP contribution in [0.25, 0.3) is 0 Å². The van der Waals surface area contributed by atoms with Gasteiger partial charge in [0.05, 0.1) is 5.60 Å². The van der Waals surface area contributed by atoms with Gasteiger partial charge in [-0.25, -0.2) is 4.79 Å². The van der Waals surface area contributed by atoms with E-state index >= 15 is 0 Å². The van der Waals surface area contributed by atoms with Gasteiger partial charge in [-0.3, -0.25) is 0 Å². The number of carboxylic acids is 1. The minimum atomic E-state index is -0.840. The van der Waals surface area contributed by atoms with Crippen molar-refractivity contribution in [3.8, 4) is 0 Å². The minimum absolute atomic E-state index is 0.124. The maximum absolute atomic E-state index is 11.4. The van der Waals surface area contributed by atoms with E-state index in [0.29, 0.717) is 11.8 Å². The summed E-state index contributed by atoms with van der Waals surface area (Å²) in [4.78, 5) is 11.4. The Bertz CT molecular complexity index is 318. The molecular weight excluding hydrogens is 264 g/mol. The average Bonchev–Trinajstić information content (AvgIpc) is 2.16. The van der Waals surface area contributed by atoms with Crippen LogP contribution >= 0.6 is 0 Å². The summed E-state index contributed by atoms with van der Waals surface area (Å²) in [5.41, 5.74) is 0.0230. The molecule has 0 aliphatic rings. The summed E-state index contributed by atoms with van der Waals surface area (Å²) in [6, 6.07) is 0. The molecule has 0 fully saturated rings. The van der Waals surface area contributed by atoms with Gasteiger partial charge in [-0.2, -0.15) is 0 Å². The first kappa shape index (κ1) is 20.4. The third-order valence-corrected chi connectivity index (χ3v) is 3.34. The summed E-state index contributed by atoms with van der Waals surface area (Å²) in [6.07, 6.45) is 3.81. The van der Waals surface area contributed by atoms with E-state index in [-0.39, 0.29) is 5.41 Å². The maximum atomic E-state index is 11.4. The lowest BCUT2D eigenvalue weighted by Gasteiger charge is -2.34. The molecule has 0 heterocycles. The van der Waals surface area contributed by atoms with Crippen molar-refractivity contribution in [2.24, 2.45) is 10.8 Å². The number of carboxylic acid groups (broad SMARTS) is 1. The van der Waals surface area contributed by atoms with Crippen molar-refractivity contribution in [3.05, 3.63) is 0 Å². The molecule has 0 saturated carbocycles. The highest BCUT2D eigenvalue weighted by Crippen LogP contribution is 2.31. The van der Waals surface area contributed by atoms with Gasteiger partial charge in [0.2, 0.25) is 0 Å². The quantitative estimate of drug-likeness (QED) is 0.620. The number of hydrogen-bond acceptors (Lipinski definition) is 2. The molecule has 3 heteroatoms. The molecule has 0 spiro atoms. The molecule has 0 bridgehead atoms. The monoisotopic (exact) mass is 300 g/mol. The van der Waals surface area contributed by atoms with Gasteiger partial charge in [0.25, 0.3) is 0 Å². The van der Waals surface area contributed by atoms with Crippen LogP contribution in [0, 0.1) is 10.8 Å². The van der Waals surface area contributed by atoms with Crippen LogP contribution in [0.1, 0.15) is 87.5 Å². The number of rotatable bonds is 8. The fourth-order valence-corrected chi connectivity index (χ4v) is 2.92. The third kappa shape index (κ3) is 11.7. The first-order valence-corrected chi connectivity index (χ1v) is 8.13. The van der Waals surface area contributed by atoms with Gasteiger partial charge in [0.1, 0.15) is 0 Å². The second-order valence-electron chi connectivity index (χ2n) is 9.25. The Hall–Kier alpha value is -0.570. The largest absolute Gasteiger partial charge is 0.479 e. The first-order valence-electron chi connectivity index (χ1n) is 8.13. The topological polar surface area (TPSA) is 46.5 Å². The molecule has 1 atom stereocenters. The molecule has 1 N–H and O–H groups in total. The molecular formula is C18H36O3. The zero-order chi connectivity index (χ0) is 16.9. The summed E-state index contributed by atoms with van der Waals surface area (Å²) in [6.45, 7) is 17.1. The highest BCUT2D eigenvalue weighted by atomic mass is 16.5. The van der Waals surface area contributed by atoms with Gasteiger partial charge in [0, 0.05) is 0 Å². The van der Waals surface area contributed by atoms with Crippen molar-refractivity contribution < 1.29 is 14.6 Å². The molecule has 0 aromatic heterocycles. The van der Waals surface area contributed by atoms with E-state index in [2.05, 4.69) is 41.5 Å². The fourth-order valence-electron chi connectivity index (χ4n) is 2.92. The van der Waals surface area contributed by atoms with Crippen LogP contribution in [0.15, 0.2) is 0 Å². The van der Waals surface area contributed by atoms with E-state index in [1.165, 1.54) is 0 Å². The van der Waals surface area contributed by atoms with Gasteiger partial charge in [-0.15, -0.1) is 0 Å². The van der Waals surface area contributed by atoms with Crippen molar-refractivity contribution in [2.45, 2.75) is 99.2 Å². The number of hydrogen-bond donors (Lipinski definition) is 1. The van der Waals surface area contributed by atoms with Crippen LogP contribution in [0.5, 0.6) is 0 Å². The lowest BCUT2D eigenvalue weighted by molar-refractivity contribution is -0.165. The number of carbonyl (C=O) groups is 1. The zero-order valence-electron chi connectivity index (χ0n) is 15.4. The molecule has 0 amide bonds. The molecule has 126 valence electrons. The molecule has 0 aliphatic heterocycles. The van der Waals surface area contributed by atoms with Crippen LogP contribution in [0.2, 0.25) is 0 Å². The van der Waals surface area contributed by atoms with Crippen molar-refractivity contribution >= 4 is 5.97 Å². The minimum Gasteiger partial charge on any atom is -0.479 e. The van der Waals surface area contributed by atoms with Crippen LogP contribution in [0.4, 0.5) is 0 Å². The van der Waals surface area contributed by atoms with Gasteiger partial charge < -0.3 is 9.84 Å². The molecule has 0 radical (unpaired) electrons. The average molecular weight is 300 g/mol. The third-order valence-electron chi connectivity index (χ3n) is 3.34. The van der Waals surface area contributed by atoms with Gasteiger partial charge in [0.15, 0.2) is 6.10 Å². The standard InChI is InChI=1S/C18H36O3/c1-16(2,3)12-10-9-11-14(15(19)20)21-18(7,8)13-17(4,5)6/h14H,9-13H2,1-8H3,(H,19,20). The first-order chi connectivity index (χ1) is 9.22. The highest BCUT2D eigenvalue weighted by molar-refractivity contribution is 5.72. The lowest BCUT2D eigenvalue weighted by Crippen LogP contribution is -2.38.